The van der Waals surface area contributed by atoms with Crippen molar-refractivity contribution >= 4 is 18.0 Å². The Kier molecular flexibility index (Phi) is 10.1. The second kappa shape index (κ2) is 13.0. The number of hydrogen-bond acceptors (Lipinski definition) is 8. The largest absolute Gasteiger partial charge is 0.465 e. The van der Waals surface area contributed by atoms with Crippen LogP contribution in [0.15, 0.2) is 40.1 Å². The van der Waals surface area contributed by atoms with Gasteiger partial charge in [0.2, 0.25) is 5.91 Å². The molecular formula is C24H31N5O7. The molecule has 1 aliphatic carbocycles. The summed E-state index contributed by atoms with van der Waals surface area (Å²) in [6.45, 7) is 6.63. The predicted octanol–water partition coefficient (Wildman–Crippen LogP) is -0.228. The normalized spacial score (nSPS) is 12.4. The number of esters is 1. The highest BCUT2D eigenvalue weighted by Gasteiger charge is 2.18. The van der Waals surface area contributed by atoms with Crippen molar-refractivity contribution in [2.75, 3.05) is 37.8 Å². The smallest absolute Gasteiger partial charge is 0.407 e. The molecule has 0 atom stereocenters. The van der Waals surface area contributed by atoms with Crippen LogP contribution >= 0.6 is 0 Å². The van der Waals surface area contributed by atoms with Gasteiger partial charge in [-0.3, -0.25) is 24.4 Å². The SMILES string of the molecule is CCOC(=O)CN(CCNC(=O)OC(C)(C)C)n1cc(C#CCNC(=O)C2C=CC=C2)c(=O)[nH]c1=O. The number of H-pyrrole nitrogens is 1. The van der Waals surface area contributed by atoms with Crippen LogP contribution in [-0.4, -0.2) is 66.0 Å². The summed E-state index contributed by atoms with van der Waals surface area (Å²) >= 11 is 0. The summed E-state index contributed by atoms with van der Waals surface area (Å²) in [5.41, 5.74) is -2.28. The molecule has 194 valence electrons. The average Bonchev–Trinajstić information content (AvgIpc) is 3.31. The van der Waals surface area contributed by atoms with Gasteiger partial charge in [-0.05, 0) is 27.7 Å². The molecule has 0 saturated heterocycles. The molecule has 0 aliphatic heterocycles. The number of aromatic nitrogens is 2. The summed E-state index contributed by atoms with van der Waals surface area (Å²) in [6, 6.07) is 0. The molecule has 0 saturated carbocycles. The summed E-state index contributed by atoms with van der Waals surface area (Å²) < 4.78 is 11.2. The highest BCUT2D eigenvalue weighted by Crippen LogP contribution is 2.08. The molecule has 0 radical (unpaired) electrons. The number of alkyl carbamates (subject to hydrolysis) is 1. The first-order valence-corrected chi connectivity index (χ1v) is 11.4. The van der Waals surface area contributed by atoms with E-state index in [-0.39, 0.29) is 50.2 Å². The van der Waals surface area contributed by atoms with Crippen molar-refractivity contribution in [2.45, 2.75) is 33.3 Å². The van der Waals surface area contributed by atoms with Crippen LogP contribution in [0.5, 0.6) is 0 Å². The standard InChI is InChI=1S/C24H31N5O7/c1-5-35-19(30)16-28(14-13-26-23(34)36-24(2,3)4)29-15-18(21(32)27-22(29)33)11-8-12-25-20(31)17-9-6-7-10-17/h6-7,9-10,15,17H,5,12-14,16H2,1-4H3,(H,25,31)(H,26,34)(H,27,32,33). The zero-order valence-electron chi connectivity index (χ0n) is 20.8. The minimum atomic E-state index is -0.805. The minimum absolute atomic E-state index is 0.00928. The van der Waals surface area contributed by atoms with Gasteiger partial charge < -0.3 is 20.1 Å². The summed E-state index contributed by atoms with van der Waals surface area (Å²) in [6.07, 6.45) is 7.53. The number of allylic oxidation sites excluding steroid dienone is 2. The molecule has 1 heterocycles. The van der Waals surface area contributed by atoms with Crippen molar-refractivity contribution in [1.29, 1.82) is 0 Å². The highest BCUT2D eigenvalue weighted by atomic mass is 16.6. The predicted molar refractivity (Wildman–Crippen MR) is 132 cm³/mol. The average molecular weight is 502 g/mol. The molecular weight excluding hydrogens is 470 g/mol. The van der Waals surface area contributed by atoms with Crippen LogP contribution in [0.2, 0.25) is 0 Å². The lowest BCUT2D eigenvalue weighted by Gasteiger charge is -2.26. The number of aromatic amines is 1. The molecule has 0 fully saturated rings. The molecule has 0 bridgehead atoms. The van der Waals surface area contributed by atoms with Crippen molar-refractivity contribution < 1.29 is 23.9 Å². The Morgan fingerprint density at radius 1 is 1.17 bits per heavy atom. The number of carbonyl (C=O) groups is 3. The summed E-state index contributed by atoms with van der Waals surface area (Å²) in [7, 11) is 0. The van der Waals surface area contributed by atoms with Gasteiger partial charge in [-0.1, -0.05) is 36.1 Å². The summed E-state index contributed by atoms with van der Waals surface area (Å²) in [5.74, 6) is 4.10. The quantitative estimate of drug-likeness (QED) is 0.310. The van der Waals surface area contributed by atoms with Gasteiger partial charge in [0.05, 0.1) is 31.8 Å². The Hall–Kier alpha value is -4.27. The van der Waals surface area contributed by atoms with Crippen molar-refractivity contribution in [2.24, 2.45) is 5.92 Å². The third kappa shape index (κ3) is 9.17. The molecule has 2 amide bonds. The van der Waals surface area contributed by atoms with E-state index in [1.165, 1.54) is 11.2 Å². The van der Waals surface area contributed by atoms with Gasteiger partial charge in [0.15, 0.2) is 0 Å². The van der Waals surface area contributed by atoms with E-state index >= 15 is 0 Å². The van der Waals surface area contributed by atoms with Crippen LogP contribution in [0.25, 0.3) is 0 Å². The Bertz CT molecular complexity index is 1180. The van der Waals surface area contributed by atoms with E-state index in [0.717, 1.165) is 4.68 Å². The van der Waals surface area contributed by atoms with Crippen molar-refractivity contribution in [3.8, 4) is 11.8 Å². The number of amides is 2. The molecule has 3 N–H and O–H groups in total. The van der Waals surface area contributed by atoms with Gasteiger partial charge in [-0.2, -0.15) is 0 Å². The van der Waals surface area contributed by atoms with Crippen molar-refractivity contribution in [3.63, 3.8) is 0 Å². The Morgan fingerprint density at radius 2 is 1.86 bits per heavy atom. The Morgan fingerprint density at radius 3 is 2.50 bits per heavy atom. The fraction of sp³-hybridized carbons (Fsp3) is 0.458. The van der Waals surface area contributed by atoms with Gasteiger partial charge in [0, 0.05) is 6.54 Å². The molecule has 1 aliphatic rings. The molecule has 0 unspecified atom stereocenters. The zero-order valence-corrected chi connectivity index (χ0v) is 20.8. The van der Waals surface area contributed by atoms with Gasteiger partial charge >= 0.3 is 17.8 Å². The first kappa shape index (κ1) is 28.0. The maximum absolute atomic E-state index is 12.5. The Labute approximate surface area is 208 Å². The number of nitrogens with one attached hydrogen (secondary N) is 3. The summed E-state index contributed by atoms with van der Waals surface area (Å²) in [5, 5.41) is 6.47. The van der Waals surface area contributed by atoms with Gasteiger partial charge in [0.1, 0.15) is 17.7 Å². The third-order valence-electron chi connectivity index (χ3n) is 4.51. The third-order valence-corrected chi connectivity index (χ3v) is 4.51. The number of ether oxygens (including phenoxy) is 2. The van der Waals surface area contributed by atoms with E-state index in [0.29, 0.717) is 0 Å². The number of nitrogens with zero attached hydrogens (tertiary/aromatic N) is 2. The van der Waals surface area contributed by atoms with Crippen molar-refractivity contribution in [3.05, 3.63) is 56.9 Å². The van der Waals surface area contributed by atoms with E-state index in [9.17, 15) is 24.0 Å². The lowest BCUT2D eigenvalue weighted by Crippen LogP contribution is -2.51. The number of rotatable bonds is 9. The fourth-order valence-electron chi connectivity index (χ4n) is 2.98. The van der Waals surface area contributed by atoms with Gasteiger partial charge in [-0.25, -0.2) is 14.3 Å². The van der Waals surface area contributed by atoms with Crippen LogP contribution in [0.3, 0.4) is 0 Å². The molecule has 1 aromatic heterocycles. The van der Waals surface area contributed by atoms with Crippen LogP contribution in [0, 0.1) is 17.8 Å². The monoisotopic (exact) mass is 501 g/mol. The first-order valence-electron chi connectivity index (χ1n) is 11.4. The van der Waals surface area contributed by atoms with Crippen LogP contribution in [0.4, 0.5) is 4.79 Å². The van der Waals surface area contributed by atoms with E-state index in [1.54, 1.807) is 52.0 Å². The molecule has 12 heteroatoms. The van der Waals surface area contributed by atoms with E-state index in [4.69, 9.17) is 9.47 Å². The maximum atomic E-state index is 12.5. The second-order valence-electron chi connectivity index (χ2n) is 8.58. The Balaban J connectivity index is 2.16. The molecule has 0 aromatic carbocycles. The molecule has 2 rings (SSSR count). The molecule has 0 spiro atoms. The lowest BCUT2D eigenvalue weighted by atomic mass is 10.1. The maximum Gasteiger partial charge on any atom is 0.407 e. The van der Waals surface area contributed by atoms with E-state index < -0.39 is 28.9 Å². The lowest BCUT2D eigenvalue weighted by molar-refractivity contribution is -0.141. The van der Waals surface area contributed by atoms with Crippen LogP contribution in [0.1, 0.15) is 33.3 Å². The minimum Gasteiger partial charge on any atom is -0.465 e. The molecule has 36 heavy (non-hydrogen) atoms. The van der Waals surface area contributed by atoms with Gasteiger partial charge in [-0.15, -0.1) is 0 Å². The highest BCUT2D eigenvalue weighted by molar-refractivity contribution is 5.83. The topological polar surface area (TPSA) is 152 Å². The van der Waals surface area contributed by atoms with Crippen LogP contribution in [-0.2, 0) is 19.1 Å². The van der Waals surface area contributed by atoms with E-state index in [1.807, 2.05) is 0 Å². The van der Waals surface area contributed by atoms with E-state index in [2.05, 4.69) is 27.5 Å². The summed E-state index contributed by atoms with van der Waals surface area (Å²) in [4.78, 5) is 63.0. The fourth-order valence-corrected chi connectivity index (χ4v) is 2.98. The number of carbonyl (C=O) groups excluding carboxylic acids is 3. The zero-order chi connectivity index (χ0) is 26.7. The van der Waals surface area contributed by atoms with Crippen molar-refractivity contribution in [1.82, 2.24) is 20.3 Å². The second-order valence-corrected chi connectivity index (χ2v) is 8.58. The number of hydrogen-bond donors (Lipinski definition) is 3. The van der Waals surface area contributed by atoms with Gasteiger partial charge in [0.25, 0.3) is 5.56 Å². The molecule has 1 aromatic rings. The first-order chi connectivity index (χ1) is 17.0. The van der Waals surface area contributed by atoms with Crippen LogP contribution < -0.4 is 26.9 Å². The molecule has 12 nitrogen and oxygen atoms in total.